The third kappa shape index (κ3) is 1.98. The van der Waals surface area contributed by atoms with Crippen LogP contribution in [-0.4, -0.2) is 19.1 Å². The first-order valence-electron chi connectivity index (χ1n) is 5.21. The van der Waals surface area contributed by atoms with E-state index < -0.39 is 0 Å². The molecule has 2 aromatic heterocycles. The molecule has 0 aliphatic rings. The summed E-state index contributed by atoms with van der Waals surface area (Å²) >= 11 is 0. The molecule has 0 saturated carbocycles. The number of imidazole rings is 2. The van der Waals surface area contributed by atoms with E-state index >= 15 is 0 Å². The minimum absolute atomic E-state index is 0.838. The van der Waals surface area contributed by atoms with Crippen LogP contribution in [0.1, 0.15) is 13.3 Å². The van der Waals surface area contributed by atoms with E-state index in [0.29, 0.717) is 0 Å². The Labute approximate surface area is 95.0 Å². The van der Waals surface area contributed by atoms with Crippen LogP contribution in [0.4, 0.5) is 0 Å². The van der Waals surface area contributed by atoms with Crippen molar-refractivity contribution in [2.45, 2.75) is 19.9 Å². The zero-order valence-electron chi connectivity index (χ0n) is 9.51. The smallest absolute Gasteiger partial charge is 0.176 e. The molecule has 0 radical (unpaired) electrons. The summed E-state index contributed by atoms with van der Waals surface area (Å²) in [4.78, 5) is 8.62. The van der Waals surface area contributed by atoms with Crippen molar-refractivity contribution in [3.05, 3.63) is 24.8 Å². The van der Waals surface area contributed by atoms with Crippen LogP contribution in [0.15, 0.2) is 24.8 Å². The number of rotatable bonds is 3. The van der Waals surface area contributed by atoms with Gasteiger partial charge in [-0.2, -0.15) is 0 Å². The van der Waals surface area contributed by atoms with Gasteiger partial charge in [0.05, 0.1) is 0 Å². The third-order valence-corrected chi connectivity index (χ3v) is 2.39. The maximum absolute atomic E-state index is 4.33. The summed E-state index contributed by atoms with van der Waals surface area (Å²) < 4.78 is 4.04. The minimum atomic E-state index is 0.838. The second-order valence-corrected chi connectivity index (χ2v) is 3.48. The average molecular weight is 214 g/mol. The highest BCUT2D eigenvalue weighted by atomic mass is 15.1. The number of aryl methyl sites for hydroxylation is 2. The van der Waals surface area contributed by atoms with Gasteiger partial charge in [-0.25, -0.2) is 9.97 Å². The average Bonchev–Trinajstić information content (AvgIpc) is 2.87. The second kappa shape index (κ2) is 4.67. The Morgan fingerprint density at radius 2 is 1.94 bits per heavy atom. The standard InChI is InChI=1S/C12H14N4/c1-3-4-5-8-16-10-7-14-12(16)11-13-6-9-15(11)2/h6-7,9-10H,5,8H2,1-2H3. The molecule has 0 aromatic carbocycles. The summed E-state index contributed by atoms with van der Waals surface area (Å²) in [6.07, 6.45) is 8.29. The van der Waals surface area contributed by atoms with Crippen molar-refractivity contribution in [2.24, 2.45) is 7.05 Å². The highest BCUT2D eigenvalue weighted by molar-refractivity contribution is 5.44. The fourth-order valence-corrected chi connectivity index (χ4v) is 1.58. The van der Waals surface area contributed by atoms with E-state index in [9.17, 15) is 0 Å². The molecule has 0 bridgehead atoms. The van der Waals surface area contributed by atoms with Gasteiger partial charge >= 0.3 is 0 Å². The SMILES string of the molecule is CC#CCCn1ccnc1-c1nccn1C. The van der Waals surface area contributed by atoms with Crippen LogP contribution in [0.2, 0.25) is 0 Å². The van der Waals surface area contributed by atoms with Crippen molar-refractivity contribution < 1.29 is 0 Å². The van der Waals surface area contributed by atoms with Gasteiger partial charge in [-0.05, 0) is 6.92 Å². The Bertz CT molecular complexity index is 524. The Morgan fingerprint density at radius 3 is 2.62 bits per heavy atom. The molecule has 2 rings (SSSR count). The minimum Gasteiger partial charge on any atom is -0.331 e. The molecule has 0 fully saturated rings. The molecule has 0 aliphatic heterocycles. The summed E-state index contributed by atoms with van der Waals surface area (Å²) in [6, 6.07) is 0. The van der Waals surface area contributed by atoms with E-state index in [1.165, 1.54) is 0 Å². The molecule has 0 saturated heterocycles. The van der Waals surface area contributed by atoms with Crippen molar-refractivity contribution in [2.75, 3.05) is 0 Å². The Hall–Kier alpha value is -2.02. The summed E-state index contributed by atoms with van der Waals surface area (Å²) in [5.41, 5.74) is 0. The van der Waals surface area contributed by atoms with Gasteiger partial charge in [0.15, 0.2) is 11.6 Å². The maximum atomic E-state index is 4.33. The topological polar surface area (TPSA) is 35.6 Å². The molecule has 4 nitrogen and oxygen atoms in total. The number of aromatic nitrogens is 4. The van der Waals surface area contributed by atoms with Gasteiger partial charge in [0.2, 0.25) is 0 Å². The van der Waals surface area contributed by atoms with Crippen molar-refractivity contribution in [1.82, 2.24) is 19.1 Å². The normalized spacial score (nSPS) is 9.88. The molecule has 0 amide bonds. The molecule has 0 spiro atoms. The van der Waals surface area contributed by atoms with Crippen LogP contribution < -0.4 is 0 Å². The van der Waals surface area contributed by atoms with Crippen LogP contribution in [0.3, 0.4) is 0 Å². The fraction of sp³-hybridized carbons (Fsp3) is 0.333. The lowest BCUT2D eigenvalue weighted by atomic mass is 10.4. The van der Waals surface area contributed by atoms with Crippen LogP contribution in [0.25, 0.3) is 11.6 Å². The Kier molecular flexibility index (Phi) is 3.06. The molecular formula is C12H14N4. The zero-order chi connectivity index (χ0) is 11.4. The van der Waals surface area contributed by atoms with E-state index in [4.69, 9.17) is 0 Å². The number of hydrogen-bond donors (Lipinski definition) is 0. The molecule has 82 valence electrons. The molecule has 0 N–H and O–H groups in total. The van der Waals surface area contributed by atoms with Crippen LogP contribution in [-0.2, 0) is 13.6 Å². The summed E-state index contributed by atoms with van der Waals surface area (Å²) in [6.45, 7) is 2.70. The first kappa shape index (κ1) is 10.5. The van der Waals surface area contributed by atoms with E-state index in [1.54, 1.807) is 12.4 Å². The number of hydrogen-bond acceptors (Lipinski definition) is 2. The van der Waals surface area contributed by atoms with Crippen LogP contribution >= 0.6 is 0 Å². The van der Waals surface area contributed by atoms with Gasteiger partial charge < -0.3 is 9.13 Å². The third-order valence-electron chi connectivity index (χ3n) is 2.39. The van der Waals surface area contributed by atoms with E-state index in [2.05, 4.69) is 26.4 Å². The lowest BCUT2D eigenvalue weighted by Crippen LogP contribution is -2.02. The maximum Gasteiger partial charge on any atom is 0.176 e. The highest BCUT2D eigenvalue weighted by Gasteiger charge is 2.09. The van der Waals surface area contributed by atoms with E-state index in [0.717, 1.165) is 24.6 Å². The number of nitrogens with zero attached hydrogens (tertiary/aromatic N) is 4. The monoisotopic (exact) mass is 214 g/mol. The molecular weight excluding hydrogens is 200 g/mol. The van der Waals surface area contributed by atoms with Crippen molar-refractivity contribution >= 4 is 0 Å². The molecule has 0 unspecified atom stereocenters. The second-order valence-electron chi connectivity index (χ2n) is 3.48. The lowest BCUT2D eigenvalue weighted by Gasteiger charge is -2.05. The van der Waals surface area contributed by atoms with Crippen LogP contribution in [0, 0.1) is 11.8 Å². The quantitative estimate of drug-likeness (QED) is 0.729. The molecule has 16 heavy (non-hydrogen) atoms. The van der Waals surface area contributed by atoms with E-state index in [-0.39, 0.29) is 0 Å². The van der Waals surface area contributed by atoms with Gasteiger partial charge in [-0.15, -0.1) is 11.8 Å². The molecule has 4 heteroatoms. The van der Waals surface area contributed by atoms with Crippen LogP contribution in [0.5, 0.6) is 0 Å². The van der Waals surface area contributed by atoms with Crippen molar-refractivity contribution in [1.29, 1.82) is 0 Å². The lowest BCUT2D eigenvalue weighted by molar-refractivity contribution is 0.716. The largest absolute Gasteiger partial charge is 0.331 e. The zero-order valence-corrected chi connectivity index (χ0v) is 9.51. The van der Waals surface area contributed by atoms with Gasteiger partial charge in [-0.1, -0.05) is 0 Å². The summed E-state index contributed by atoms with van der Waals surface area (Å²) in [7, 11) is 1.97. The molecule has 0 atom stereocenters. The molecule has 2 aromatic rings. The predicted octanol–water partition coefficient (Wildman–Crippen LogP) is 1.70. The van der Waals surface area contributed by atoms with Gasteiger partial charge in [0.1, 0.15) is 0 Å². The molecule has 2 heterocycles. The fourth-order valence-electron chi connectivity index (χ4n) is 1.58. The Morgan fingerprint density at radius 1 is 1.19 bits per heavy atom. The Balaban J connectivity index is 2.25. The highest BCUT2D eigenvalue weighted by Crippen LogP contribution is 2.14. The van der Waals surface area contributed by atoms with Crippen molar-refractivity contribution in [3.8, 4) is 23.5 Å². The summed E-state index contributed by atoms with van der Waals surface area (Å²) in [5, 5.41) is 0. The van der Waals surface area contributed by atoms with Crippen molar-refractivity contribution in [3.63, 3.8) is 0 Å². The summed E-state index contributed by atoms with van der Waals surface area (Å²) in [5.74, 6) is 7.72. The molecule has 0 aliphatic carbocycles. The van der Waals surface area contributed by atoms with Gasteiger partial charge in [0, 0.05) is 44.8 Å². The predicted molar refractivity (Wildman–Crippen MR) is 62.5 cm³/mol. The van der Waals surface area contributed by atoms with Gasteiger partial charge in [0.25, 0.3) is 0 Å². The van der Waals surface area contributed by atoms with Gasteiger partial charge in [-0.3, -0.25) is 0 Å². The first-order valence-corrected chi connectivity index (χ1v) is 5.21. The first-order chi connectivity index (χ1) is 7.83. The van der Waals surface area contributed by atoms with E-state index in [1.807, 2.05) is 30.9 Å².